The first-order valence-corrected chi connectivity index (χ1v) is 5.32. The number of aromatic amines is 1. The number of nitrogens with one attached hydrogen (secondary N) is 1. The van der Waals surface area contributed by atoms with E-state index in [-0.39, 0.29) is 5.56 Å². The number of hydrogen-bond acceptors (Lipinski definition) is 2. The molecule has 0 saturated heterocycles. The van der Waals surface area contributed by atoms with Crippen molar-refractivity contribution in [1.29, 1.82) is 0 Å². The van der Waals surface area contributed by atoms with Gasteiger partial charge in [-0.3, -0.25) is 4.79 Å². The summed E-state index contributed by atoms with van der Waals surface area (Å²) in [6.07, 6.45) is 0.605. The zero-order valence-electron chi connectivity index (χ0n) is 8.83. The molecule has 2 aromatic rings. The van der Waals surface area contributed by atoms with Crippen molar-refractivity contribution in [3.05, 3.63) is 62.8 Å². The van der Waals surface area contributed by atoms with Crippen molar-refractivity contribution in [3.8, 4) is 0 Å². The van der Waals surface area contributed by atoms with Gasteiger partial charge in [-0.05, 0) is 24.6 Å². The lowest BCUT2D eigenvalue weighted by Crippen LogP contribution is -2.11. The molecular weight excluding hydrogens is 224 g/mol. The topological polar surface area (TPSA) is 45.8 Å². The highest BCUT2D eigenvalue weighted by Crippen LogP contribution is 2.11. The average Bonchev–Trinajstić information content (AvgIpc) is 2.20. The molecule has 0 spiro atoms. The Bertz CT molecular complexity index is 546. The van der Waals surface area contributed by atoms with E-state index in [0.29, 0.717) is 17.3 Å². The van der Waals surface area contributed by atoms with E-state index in [0.717, 1.165) is 11.3 Å². The number of halogens is 1. The number of nitrogens with zero attached hydrogens (tertiary/aromatic N) is 1. The second-order valence-electron chi connectivity index (χ2n) is 3.64. The highest BCUT2D eigenvalue weighted by atomic mass is 35.5. The third kappa shape index (κ3) is 2.70. The molecule has 0 aliphatic heterocycles. The fraction of sp³-hybridized carbons (Fsp3) is 0.167. The Kier molecular flexibility index (Phi) is 3.06. The Morgan fingerprint density at radius 1 is 1.31 bits per heavy atom. The Balaban J connectivity index is 2.26. The monoisotopic (exact) mass is 234 g/mol. The minimum atomic E-state index is -0.114. The van der Waals surface area contributed by atoms with Gasteiger partial charge in [0.2, 0.25) is 0 Å². The van der Waals surface area contributed by atoms with E-state index in [4.69, 9.17) is 11.6 Å². The summed E-state index contributed by atoms with van der Waals surface area (Å²) in [6.45, 7) is 1.81. The molecule has 0 amide bonds. The first-order chi connectivity index (χ1) is 7.63. The first-order valence-electron chi connectivity index (χ1n) is 4.95. The van der Waals surface area contributed by atoms with Crippen LogP contribution in [-0.2, 0) is 6.42 Å². The van der Waals surface area contributed by atoms with Gasteiger partial charge in [0.1, 0.15) is 5.82 Å². The fourth-order valence-corrected chi connectivity index (χ4v) is 1.65. The van der Waals surface area contributed by atoms with Gasteiger partial charge in [0.25, 0.3) is 5.56 Å². The van der Waals surface area contributed by atoms with Gasteiger partial charge in [-0.1, -0.05) is 23.7 Å². The van der Waals surface area contributed by atoms with E-state index >= 15 is 0 Å². The van der Waals surface area contributed by atoms with Crippen molar-refractivity contribution in [2.45, 2.75) is 13.3 Å². The lowest BCUT2D eigenvalue weighted by atomic mass is 10.1. The van der Waals surface area contributed by atoms with Crippen molar-refractivity contribution in [2.75, 3.05) is 0 Å². The standard InChI is InChI=1S/C12H11ClN2O/c1-8-6-12(16)15-11(14-8)7-9-2-4-10(13)5-3-9/h2-6H,7H2,1H3,(H,14,15,16). The lowest BCUT2D eigenvalue weighted by molar-refractivity contribution is 0.921. The van der Waals surface area contributed by atoms with Gasteiger partial charge in [0.05, 0.1) is 0 Å². The summed E-state index contributed by atoms with van der Waals surface area (Å²) >= 11 is 5.79. The van der Waals surface area contributed by atoms with Gasteiger partial charge in [-0.25, -0.2) is 4.98 Å². The second kappa shape index (κ2) is 4.49. The van der Waals surface area contributed by atoms with Gasteiger partial charge in [0.15, 0.2) is 0 Å². The predicted molar refractivity (Wildman–Crippen MR) is 63.9 cm³/mol. The molecular formula is C12H11ClN2O. The Morgan fingerprint density at radius 3 is 2.62 bits per heavy atom. The van der Waals surface area contributed by atoms with Crippen LogP contribution in [0.15, 0.2) is 35.1 Å². The maximum absolute atomic E-state index is 11.2. The number of H-pyrrole nitrogens is 1. The highest BCUT2D eigenvalue weighted by molar-refractivity contribution is 6.30. The van der Waals surface area contributed by atoms with Crippen LogP contribution < -0.4 is 5.56 Å². The summed E-state index contributed by atoms with van der Waals surface area (Å²) in [7, 11) is 0. The third-order valence-electron chi connectivity index (χ3n) is 2.20. The van der Waals surface area contributed by atoms with Crippen LogP contribution in [0.4, 0.5) is 0 Å². The second-order valence-corrected chi connectivity index (χ2v) is 4.07. The van der Waals surface area contributed by atoms with Gasteiger partial charge in [-0.2, -0.15) is 0 Å². The quantitative estimate of drug-likeness (QED) is 0.867. The molecule has 1 aromatic carbocycles. The van der Waals surface area contributed by atoms with Crippen molar-refractivity contribution in [1.82, 2.24) is 9.97 Å². The molecule has 1 heterocycles. The molecule has 0 atom stereocenters. The smallest absolute Gasteiger partial charge is 0.251 e. The number of rotatable bonds is 2. The van der Waals surface area contributed by atoms with Crippen molar-refractivity contribution < 1.29 is 0 Å². The first kappa shape index (κ1) is 10.9. The van der Waals surface area contributed by atoms with E-state index in [1.54, 1.807) is 6.92 Å². The summed E-state index contributed by atoms with van der Waals surface area (Å²) < 4.78 is 0. The third-order valence-corrected chi connectivity index (χ3v) is 2.46. The Labute approximate surface area is 98.1 Å². The molecule has 3 nitrogen and oxygen atoms in total. The Morgan fingerprint density at radius 2 is 2.00 bits per heavy atom. The van der Waals surface area contributed by atoms with Crippen LogP contribution in [0, 0.1) is 6.92 Å². The van der Waals surface area contributed by atoms with E-state index in [1.807, 2.05) is 24.3 Å². The zero-order chi connectivity index (χ0) is 11.5. The van der Waals surface area contributed by atoms with Gasteiger partial charge < -0.3 is 4.98 Å². The molecule has 82 valence electrons. The molecule has 1 N–H and O–H groups in total. The molecule has 0 aliphatic carbocycles. The lowest BCUT2D eigenvalue weighted by Gasteiger charge is -2.02. The van der Waals surface area contributed by atoms with Gasteiger partial charge in [0, 0.05) is 23.2 Å². The largest absolute Gasteiger partial charge is 0.310 e. The molecule has 0 unspecified atom stereocenters. The summed E-state index contributed by atoms with van der Waals surface area (Å²) in [5, 5.41) is 0.703. The number of aryl methyl sites for hydroxylation is 1. The molecule has 2 rings (SSSR count). The molecule has 16 heavy (non-hydrogen) atoms. The summed E-state index contributed by atoms with van der Waals surface area (Å²) in [4.78, 5) is 18.2. The van der Waals surface area contributed by atoms with Crippen LogP contribution in [-0.4, -0.2) is 9.97 Å². The molecule has 0 aliphatic rings. The van der Waals surface area contributed by atoms with E-state index in [9.17, 15) is 4.79 Å². The van der Waals surface area contributed by atoms with Crippen LogP contribution in [0.1, 0.15) is 17.1 Å². The van der Waals surface area contributed by atoms with E-state index in [2.05, 4.69) is 9.97 Å². The van der Waals surface area contributed by atoms with Crippen molar-refractivity contribution in [2.24, 2.45) is 0 Å². The summed E-state index contributed by atoms with van der Waals surface area (Å²) in [5.41, 5.74) is 1.68. The normalized spacial score (nSPS) is 10.4. The van der Waals surface area contributed by atoms with Gasteiger partial charge in [-0.15, -0.1) is 0 Å². The summed E-state index contributed by atoms with van der Waals surface area (Å²) in [5.74, 6) is 0.673. The predicted octanol–water partition coefficient (Wildman–Crippen LogP) is 2.32. The van der Waals surface area contributed by atoms with Gasteiger partial charge >= 0.3 is 0 Å². The van der Waals surface area contributed by atoms with Crippen LogP contribution in [0.25, 0.3) is 0 Å². The van der Waals surface area contributed by atoms with Crippen molar-refractivity contribution >= 4 is 11.6 Å². The molecule has 0 bridgehead atoms. The minimum absolute atomic E-state index is 0.114. The van der Waals surface area contributed by atoms with Crippen LogP contribution in [0.3, 0.4) is 0 Å². The molecule has 0 radical (unpaired) electrons. The van der Waals surface area contributed by atoms with E-state index < -0.39 is 0 Å². The molecule has 0 saturated carbocycles. The maximum atomic E-state index is 11.2. The van der Waals surface area contributed by atoms with Crippen LogP contribution >= 0.6 is 11.6 Å². The van der Waals surface area contributed by atoms with Crippen LogP contribution in [0.2, 0.25) is 5.02 Å². The number of aromatic nitrogens is 2. The molecule has 4 heteroatoms. The fourth-order valence-electron chi connectivity index (χ4n) is 1.52. The average molecular weight is 235 g/mol. The molecule has 1 aromatic heterocycles. The minimum Gasteiger partial charge on any atom is -0.310 e. The number of benzene rings is 1. The highest BCUT2D eigenvalue weighted by Gasteiger charge is 2.00. The van der Waals surface area contributed by atoms with E-state index in [1.165, 1.54) is 6.07 Å². The van der Waals surface area contributed by atoms with Crippen molar-refractivity contribution in [3.63, 3.8) is 0 Å². The maximum Gasteiger partial charge on any atom is 0.251 e. The Hall–Kier alpha value is -1.61. The molecule has 0 fully saturated rings. The summed E-state index contributed by atoms with van der Waals surface area (Å²) in [6, 6.07) is 8.97. The zero-order valence-corrected chi connectivity index (χ0v) is 9.58. The SMILES string of the molecule is Cc1cc(=O)[nH]c(Cc2ccc(Cl)cc2)n1. The number of hydrogen-bond donors (Lipinski definition) is 1. The van der Waals surface area contributed by atoms with Crippen LogP contribution in [0.5, 0.6) is 0 Å².